The Morgan fingerprint density at radius 2 is 2.07 bits per heavy atom. The maximum Gasteiger partial charge on any atom is 0.252 e. The number of hydrogen-bond donors (Lipinski definition) is 2. The number of aliphatic hydroxyl groups excluding tert-OH is 1. The van der Waals surface area contributed by atoms with Crippen LogP contribution in [-0.2, 0) is 19.5 Å². The highest BCUT2D eigenvalue weighted by molar-refractivity contribution is 5.79. The average Bonchev–Trinajstić information content (AvgIpc) is 3.40. The van der Waals surface area contributed by atoms with Crippen molar-refractivity contribution in [2.75, 3.05) is 13.2 Å². The molecule has 1 fully saturated rings. The number of fused-ring (bicyclic) bond motifs is 1. The molecule has 3 aromatic rings. The third-order valence-electron chi connectivity index (χ3n) is 5.80. The van der Waals surface area contributed by atoms with Crippen LogP contribution in [-0.4, -0.2) is 48.3 Å². The summed E-state index contributed by atoms with van der Waals surface area (Å²) in [7, 11) is 0. The monoisotopic (exact) mass is 396 g/mol. The van der Waals surface area contributed by atoms with Gasteiger partial charge in [-0.1, -0.05) is 25.8 Å². The molecule has 1 aliphatic carbocycles. The lowest BCUT2D eigenvalue weighted by molar-refractivity contribution is 0.177. The molecule has 0 radical (unpaired) electrons. The highest BCUT2D eigenvalue weighted by atomic mass is 16.3. The van der Waals surface area contributed by atoms with Gasteiger partial charge in [-0.05, 0) is 58.8 Å². The van der Waals surface area contributed by atoms with Gasteiger partial charge in [-0.25, -0.2) is 4.68 Å². The molecule has 1 aliphatic rings. The minimum absolute atomic E-state index is 0.0104. The molecule has 2 N–H and O–H groups in total. The third-order valence-corrected chi connectivity index (χ3v) is 5.80. The van der Waals surface area contributed by atoms with E-state index in [9.17, 15) is 9.90 Å². The number of tetrazole rings is 1. The molecule has 0 aliphatic heterocycles. The Balaban J connectivity index is 1.58. The fourth-order valence-corrected chi connectivity index (χ4v) is 4.18. The van der Waals surface area contributed by atoms with Crippen molar-refractivity contribution in [2.24, 2.45) is 0 Å². The largest absolute Gasteiger partial charge is 0.395 e. The molecule has 4 rings (SSSR count). The summed E-state index contributed by atoms with van der Waals surface area (Å²) in [5.41, 5.74) is 2.66. The summed E-state index contributed by atoms with van der Waals surface area (Å²) in [5, 5.41) is 22.9. The Morgan fingerprint density at radius 1 is 1.24 bits per heavy atom. The Morgan fingerprint density at radius 3 is 2.83 bits per heavy atom. The van der Waals surface area contributed by atoms with Crippen LogP contribution < -0.4 is 5.56 Å². The molecular weight excluding hydrogens is 368 g/mol. The van der Waals surface area contributed by atoms with Crippen LogP contribution in [0, 0.1) is 0 Å². The van der Waals surface area contributed by atoms with Gasteiger partial charge in [0.25, 0.3) is 5.56 Å². The van der Waals surface area contributed by atoms with Gasteiger partial charge in [0.05, 0.1) is 19.2 Å². The Kier molecular flexibility index (Phi) is 6.01. The second-order valence-corrected chi connectivity index (χ2v) is 7.81. The van der Waals surface area contributed by atoms with E-state index in [1.54, 1.807) is 0 Å². The summed E-state index contributed by atoms with van der Waals surface area (Å²) in [5.74, 6) is 0.788. The highest BCUT2D eigenvalue weighted by Gasteiger charge is 2.23. The molecule has 1 aromatic carbocycles. The molecule has 0 saturated heterocycles. The van der Waals surface area contributed by atoms with E-state index in [1.165, 1.54) is 18.4 Å². The maximum absolute atomic E-state index is 12.6. The van der Waals surface area contributed by atoms with Gasteiger partial charge >= 0.3 is 0 Å². The number of H-pyrrole nitrogens is 1. The van der Waals surface area contributed by atoms with Crippen molar-refractivity contribution in [3.05, 3.63) is 51.6 Å². The number of aromatic nitrogens is 5. The highest BCUT2D eigenvalue weighted by Crippen LogP contribution is 2.29. The van der Waals surface area contributed by atoms with Crippen LogP contribution in [0.5, 0.6) is 0 Å². The van der Waals surface area contributed by atoms with Gasteiger partial charge < -0.3 is 10.1 Å². The molecule has 0 unspecified atom stereocenters. The van der Waals surface area contributed by atoms with E-state index < -0.39 is 0 Å². The van der Waals surface area contributed by atoms with Crippen LogP contribution in [0.4, 0.5) is 0 Å². The quantitative estimate of drug-likeness (QED) is 0.605. The van der Waals surface area contributed by atoms with Crippen LogP contribution in [0.1, 0.15) is 55.6 Å². The van der Waals surface area contributed by atoms with Gasteiger partial charge in [0.1, 0.15) is 0 Å². The van der Waals surface area contributed by atoms with Gasteiger partial charge in [0.2, 0.25) is 0 Å². The number of benzene rings is 1. The molecule has 29 heavy (non-hydrogen) atoms. The zero-order valence-electron chi connectivity index (χ0n) is 16.8. The van der Waals surface area contributed by atoms with E-state index >= 15 is 0 Å². The first kappa shape index (κ1) is 19.7. The summed E-state index contributed by atoms with van der Waals surface area (Å²) < 4.78 is 1.93. The van der Waals surface area contributed by atoms with Gasteiger partial charge in [-0.2, -0.15) is 0 Å². The summed E-state index contributed by atoms with van der Waals surface area (Å²) in [6, 6.07) is 8.43. The lowest BCUT2D eigenvalue weighted by Crippen LogP contribution is -2.30. The molecule has 2 heterocycles. The van der Waals surface area contributed by atoms with Crippen LogP contribution in [0.15, 0.2) is 29.1 Å². The molecule has 8 heteroatoms. The van der Waals surface area contributed by atoms with Crippen molar-refractivity contribution in [3.63, 3.8) is 0 Å². The SMILES string of the molecule is CCc1ccc2[nH]c(=O)c(CN(CCO)Cc3nnnn3C3CCCC3)cc2c1. The first-order chi connectivity index (χ1) is 14.2. The molecule has 0 atom stereocenters. The number of rotatable bonds is 8. The number of aryl methyl sites for hydroxylation is 1. The fourth-order valence-electron chi connectivity index (χ4n) is 4.18. The Labute approximate surface area is 169 Å². The van der Waals surface area contributed by atoms with Crippen molar-refractivity contribution in [1.29, 1.82) is 0 Å². The number of pyridine rings is 1. The predicted octanol–water partition coefficient (Wildman–Crippen LogP) is 2.19. The zero-order valence-corrected chi connectivity index (χ0v) is 16.8. The lowest BCUT2D eigenvalue weighted by Gasteiger charge is -2.21. The van der Waals surface area contributed by atoms with E-state index in [0.29, 0.717) is 31.2 Å². The standard InChI is InChI=1S/C21H28N6O2/c1-2-15-7-8-19-16(11-15)12-17(21(29)22-19)13-26(9-10-28)14-20-23-24-25-27(20)18-5-3-4-6-18/h7-8,11-12,18,28H,2-6,9-10,13-14H2,1H3,(H,22,29). The van der Waals surface area contributed by atoms with Crippen molar-refractivity contribution in [2.45, 2.75) is 58.2 Å². The number of nitrogens with one attached hydrogen (secondary N) is 1. The zero-order chi connectivity index (χ0) is 20.2. The second kappa shape index (κ2) is 8.84. The number of aliphatic hydroxyl groups is 1. The molecule has 154 valence electrons. The molecule has 0 spiro atoms. The minimum atomic E-state index is -0.0972. The summed E-state index contributed by atoms with van der Waals surface area (Å²) >= 11 is 0. The van der Waals surface area contributed by atoms with Crippen LogP contribution in [0.25, 0.3) is 10.9 Å². The van der Waals surface area contributed by atoms with Crippen molar-refractivity contribution in [1.82, 2.24) is 30.1 Å². The van der Waals surface area contributed by atoms with E-state index in [4.69, 9.17) is 0 Å². The van der Waals surface area contributed by atoms with Gasteiger partial charge in [0.15, 0.2) is 5.82 Å². The van der Waals surface area contributed by atoms with Crippen molar-refractivity contribution < 1.29 is 5.11 Å². The normalized spacial score (nSPS) is 15.0. The van der Waals surface area contributed by atoms with E-state index in [-0.39, 0.29) is 12.2 Å². The van der Waals surface area contributed by atoms with Crippen molar-refractivity contribution in [3.8, 4) is 0 Å². The summed E-state index contributed by atoms with van der Waals surface area (Å²) in [6.45, 7) is 3.50. The molecule has 0 bridgehead atoms. The van der Waals surface area contributed by atoms with E-state index in [0.717, 1.165) is 36.0 Å². The van der Waals surface area contributed by atoms with E-state index in [2.05, 4.69) is 33.5 Å². The topological polar surface area (TPSA) is 99.9 Å². The summed E-state index contributed by atoms with van der Waals surface area (Å²) in [6.07, 6.45) is 5.56. The van der Waals surface area contributed by atoms with Crippen LogP contribution in [0.2, 0.25) is 0 Å². The Hall–Kier alpha value is -2.58. The Bertz CT molecular complexity index is 1020. The van der Waals surface area contributed by atoms with E-state index in [1.807, 2.05) is 27.8 Å². The van der Waals surface area contributed by atoms with Crippen LogP contribution >= 0.6 is 0 Å². The van der Waals surface area contributed by atoms with Gasteiger partial charge in [-0.3, -0.25) is 9.69 Å². The molecule has 1 saturated carbocycles. The molecular formula is C21H28N6O2. The van der Waals surface area contributed by atoms with Gasteiger partial charge in [0, 0.05) is 24.2 Å². The van der Waals surface area contributed by atoms with Crippen molar-refractivity contribution >= 4 is 10.9 Å². The summed E-state index contributed by atoms with van der Waals surface area (Å²) in [4.78, 5) is 17.6. The minimum Gasteiger partial charge on any atom is -0.395 e. The average molecular weight is 396 g/mol. The first-order valence-corrected chi connectivity index (χ1v) is 10.4. The number of hydrogen-bond acceptors (Lipinski definition) is 6. The maximum atomic E-state index is 12.6. The molecule has 0 amide bonds. The number of aromatic amines is 1. The van der Waals surface area contributed by atoms with Gasteiger partial charge in [-0.15, -0.1) is 5.10 Å². The smallest absolute Gasteiger partial charge is 0.252 e. The molecule has 8 nitrogen and oxygen atoms in total. The first-order valence-electron chi connectivity index (χ1n) is 10.4. The predicted molar refractivity (Wildman–Crippen MR) is 110 cm³/mol. The van der Waals surface area contributed by atoms with Crippen LogP contribution in [0.3, 0.4) is 0 Å². The third kappa shape index (κ3) is 4.38. The second-order valence-electron chi connectivity index (χ2n) is 7.81. The lowest BCUT2D eigenvalue weighted by atomic mass is 10.1. The number of nitrogens with zero attached hydrogens (tertiary/aromatic N) is 5. The molecule has 2 aromatic heterocycles. The fraction of sp³-hybridized carbons (Fsp3) is 0.524.